The number of ether oxygens (including phenoxy) is 1. The standard InChI is InChI=1S/C13H16ClF3O/c1-3-5-9(2)18-8-10-11(13(15,16)17)6-4-7-12(10)14/h4,6-7,9H,3,5,8H2,1-2H3. The van der Waals surface area contributed by atoms with Crippen LogP contribution in [0.1, 0.15) is 37.8 Å². The normalized spacial score (nSPS) is 13.7. The van der Waals surface area contributed by atoms with Crippen molar-refractivity contribution < 1.29 is 17.9 Å². The lowest BCUT2D eigenvalue weighted by atomic mass is 10.1. The van der Waals surface area contributed by atoms with Gasteiger partial charge in [0.05, 0.1) is 18.3 Å². The smallest absolute Gasteiger partial charge is 0.374 e. The number of hydrogen-bond donors (Lipinski definition) is 0. The summed E-state index contributed by atoms with van der Waals surface area (Å²) in [4.78, 5) is 0. The first kappa shape index (κ1) is 15.3. The second-order valence-corrected chi connectivity index (χ2v) is 4.58. The van der Waals surface area contributed by atoms with Crippen LogP contribution in [0, 0.1) is 0 Å². The van der Waals surface area contributed by atoms with Gasteiger partial charge in [-0.3, -0.25) is 0 Å². The first-order valence-electron chi connectivity index (χ1n) is 5.82. The van der Waals surface area contributed by atoms with Crippen LogP contribution >= 0.6 is 11.6 Å². The maximum Gasteiger partial charge on any atom is 0.416 e. The van der Waals surface area contributed by atoms with Gasteiger partial charge in [0.15, 0.2) is 0 Å². The van der Waals surface area contributed by atoms with Gasteiger partial charge in [0.25, 0.3) is 0 Å². The van der Waals surface area contributed by atoms with Gasteiger partial charge >= 0.3 is 6.18 Å². The molecule has 5 heteroatoms. The average Bonchev–Trinajstić information content (AvgIpc) is 2.26. The highest BCUT2D eigenvalue weighted by Gasteiger charge is 2.34. The summed E-state index contributed by atoms with van der Waals surface area (Å²) in [6.45, 7) is 3.72. The van der Waals surface area contributed by atoms with Crippen LogP contribution in [0.5, 0.6) is 0 Å². The van der Waals surface area contributed by atoms with Gasteiger partial charge in [-0.05, 0) is 25.5 Å². The molecule has 102 valence electrons. The molecule has 0 N–H and O–H groups in total. The first-order chi connectivity index (χ1) is 8.36. The molecule has 1 aromatic carbocycles. The van der Waals surface area contributed by atoms with Crippen molar-refractivity contribution in [2.45, 2.75) is 45.6 Å². The summed E-state index contributed by atoms with van der Waals surface area (Å²) >= 11 is 5.82. The van der Waals surface area contributed by atoms with Gasteiger partial charge in [0, 0.05) is 10.6 Å². The monoisotopic (exact) mass is 280 g/mol. The molecular formula is C13H16ClF3O. The van der Waals surface area contributed by atoms with Crippen molar-refractivity contribution >= 4 is 11.6 Å². The number of halogens is 4. The minimum atomic E-state index is -4.41. The van der Waals surface area contributed by atoms with Gasteiger partial charge < -0.3 is 4.74 Å². The van der Waals surface area contributed by atoms with E-state index in [1.807, 2.05) is 13.8 Å². The molecule has 0 aliphatic carbocycles. The van der Waals surface area contributed by atoms with E-state index < -0.39 is 11.7 Å². The van der Waals surface area contributed by atoms with Crippen LogP contribution in [0.2, 0.25) is 5.02 Å². The lowest BCUT2D eigenvalue weighted by molar-refractivity contribution is -0.139. The van der Waals surface area contributed by atoms with E-state index in [1.165, 1.54) is 12.1 Å². The molecule has 1 nitrogen and oxygen atoms in total. The van der Waals surface area contributed by atoms with Crippen molar-refractivity contribution in [1.29, 1.82) is 0 Å². The van der Waals surface area contributed by atoms with E-state index in [4.69, 9.17) is 16.3 Å². The van der Waals surface area contributed by atoms with Gasteiger partial charge in [-0.25, -0.2) is 0 Å². The Morgan fingerprint density at radius 2 is 2.00 bits per heavy atom. The van der Waals surface area contributed by atoms with Gasteiger partial charge in [-0.2, -0.15) is 13.2 Å². The number of benzene rings is 1. The SMILES string of the molecule is CCCC(C)OCc1c(Cl)cccc1C(F)(F)F. The fourth-order valence-corrected chi connectivity index (χ4v) is 1.92. The molecule has 1 aromatic rings. The largest absolute Gasteiger partial charge is 0.416 e. The summed E-state index contributed by atoms with van der Waals surface area (Å²) in [5.74, 6) is 0. The van der Waals surface area contributed by atoms with Gasteiger partial charge in [-0.1, -0.05) is 31.0 Å². The van der Waals surface area contributed by atoms with Crippen molar-refractivity contribution in [2.75, 3.05) is 0 Å². The molecule has 0 fully saturated rings. The van der Waals surface area contributed by atoms with Crippen LogP contribution in [0.3, 0.4) is 0 Å². The fraction of sp³-hybridized carbons (Fsp3) is 0.538. The first-order valence-corrected chi connectivity index (χ1v) is 6.20. The highest BCUT2D eigenvalue weighted by molar-refractivity contribution is 6.31. The van der Waals surface area contributed by atoms with E-state index in [9.17, 15) is 13.2 Å². The molecule has 0 amide bonds. The highest BCUT2D eigenvalue weighted by atomic mass is 35.5. The zero-order chi connectivity index (χ0) is 13.8. The Hall–Kier alpha value is -0.740. The summed E-state index contributed by atoms with van der Waals surface area (Å²) in [5.41, 5.74) is -0.715. The van der Waals surface area contributed by atoms with Crippen LogP contribution in [0.15, 0.2) is 18.2 Å². The van der Waals surface area contributed by atoms with Gasteiger partial charge in [0.2, 0.25) is 0 Å². The molecule has 18 heavy (non-hydrogen) atoms. The number of alkyl halides is 3. The van der Waals surface area contributed by atoms with Gasteiger partial charge in [-0.15, -0.1) is 0 Å². The summed E-state index contributed by atoms with van der Waals surface area (Å²) in [6.07, 6.45) is -2.74. The van der Waals surface area contributed by atoms with E-state index >= 15 is 0 Å². The predicted octanol–water partition coefficient (Wildman–Crippen LogP) is 5.06. The molecule has 0 heterocycles. The second kappa shape index (κ2) is 6.43. The number of rotatable bonds is 5. The molecule has 0 bridgehead atoms. The maximum absolute atomic E-state index is 12.8. The highest BCUT2D eigenvalue weighted by Crippen LogP contribution is 2.35. The van der Waals surface area contributed by atoms with Crippen LogP contribution in [-0.2, 0) is 17.5 Å². The summed E-state index contributed by atoms with van der Waals surface area (Å²) < 4.78 is 43.8. The lowest BCUT2D eigenvalue weighted by Crippen LogP contribution is -2.13. The summed E-state index contributed by atoms with van der Waals surface area (Å²) in [7, 11) is 0. The van der Waals surface area contributed by atoms with E-state index in [2.05, 4.69) is 0 Å². The lowest BCUT2D eigenvalue weighted by Gasteiger charge is -2.17. The molecule has 0 aromatic heterocycles. The molecule has 1 unspecified atom stereocenters. The van der Waals surface area contributed by atoms with Gasteiger partial charge in [0.1, 0.15) is 0 Å². The third-order valence-corrected chi connectivity index (χ3v) is 2.99. The minimum Gasteiger partial charge on any atom is -0.374 e. The molecule has 0 aliphatic heterocycles. The van der Waals surface area contributed by atoms with Crippen molar-refractivity contribution in [3.8, 4) is 0 Å². The van der Waals surface area contributed by atoms with E-state index in [0.717, 1.165) is 18.9 Å². The van der Waals surface area contributed by atoms with Crippen LogP contribution < -0.4 is 0 Å². The summed E-state index contributed by atoms with van der Waals surface area (Å²) in [6, 6.07) is 3.76. The number of hydrogen-bond acceptors (Lipinski definition) is 1. The van der Waals surface area contributed by atoms with E-state index in [0.29, 0.717) is 0 Å². The molecular weight excluding hydrogens is 265 g/mol. The van der Waals surface area contributed by atoms with Crippen molar-refractivity contribution in [2.24, 2.45) is 0 Å². The third-order valence-electron chi connectivity index (χ3n) is 2.63. The van der Waals surface area contributed by atoms with E-state index in [-0.39, 0.29) is 23.3 Å². The fourth-order valence-electron chi connectivity index (χ4n) is 1.69. The summed E-state index contributed by atoms with van der Waals surface area (Å²) in [5, 5.41) is 0.0912. The van der Waals surface area contributed by atoms with Crippen LogP contribution in [0.4, 0.5) is 13.2 Å². The third kappa shape index (κ3) is 4.18. The minimum absolute atomic E-state index is 0.00891. The Morgan fingerprint density at radius 1 is 1.33 bits per heavy atom. The van der Waals surface area contributed by atoms with Crippen LogP contribution in [0.25, 0.3) is 0 Å². The molecule has 1 atom stereocenters. The molecule has 0 aliphatic rings. The Labute approximate surface area is 110 Å². The second-order valence-electron chi connectivity index (χ2n) is 4.17. The van der Waals surface area contributed by atoms with Crippen molar-refractivity contribution in [3.05, 3.63) is 34.3 Å². The predicted molar refractivity (Wildman–Crippen MR) is 65.6 cm³/mol. The van der Waals surface area contributed by atoms with Crippen molar-refractivity contribution in [1.82, 2.24) is 0 Å². The molecule has 0 saturated heterocycles. The topological polar surface area (TPSA) is 9.23 Å². The molecule has 1 rings (SSSR count). The average molecular weight is 281 g/mol. The van der Waals surface area contributed by atoms with Crippen molar-refractivity contribution in [3.63, 3.8) is 0 Å². The maximum atomic E-state index is 12.8. The Bertz CT molecular complexity index is 390. The molecule has 0 radical (unpaired) electrons. The Morgan fingerprint density at radius 3 is 2.56 bits per heavy atom. The zero-order valence-corrected chi connectivity index (χ0v) is 11.1. The Balaban J connectivity index is 2.87. The van der Waals surface area contributed by atoms with E-state index in [1.54, 1.807) is 0 Å². The molecule has 0 saturated carbocycles. The molecule has 0 spiro atoms. The Kier molecular flexibility index (Phi) is 5.47. The van der Waals surface area contributed by atoms with Crippen LogP contribution in [-0.4, -0.2) is 6.10 Å². The quantitative estimate of drug-likeness (QED) is 0.732. The zero-order valence-electron chi connectivity index (χ0n) is 10.4.